The van der Waals surface area contributed by atoms with Crippen LogP contribution in [0.15, 0.2) is 42.6 Å². The quantitative estimate of drug-likeness (QED) is 0.776. The predicted molar refractivity (Wildman–Crippen MR) is 108 cm³/mol. The highest BCUT2D eigenvalue weighted by atomic mass is 16.2. The number of benzene rings is 1. The lowest BCUT2D eigenvalue weighted by Crippen LogP contribution is -2.45. The first-order valence-electron chi connectivity index (χ1n) is 9.70. The predicted octanol–water partition coefficient (Wildman–Crippen LogP) is 3.44. The summed E-state index contributed by atoms with van der Waals surface area (Å²) in [4.78, 5) is 19.6. The first-order valence-corrected chi connectivity index (χ1v) is 9.70. The average molecular weight is 362 g/mol. The number of rotatable bonds is 3. The normalized spacial score (nSPS) is 17.4. The van der Waals surface area contributed by atoms with Gasteiger partial charge in [-0.25, -0.2) is 4.98 Å². The molecule has 0 aliphatic carbocycles. The van der Waals surface area contributed by atoms with Gasteiger partial charge >= 0.3 is 0 Å². The van der Waals surface area contributed by atoms with Gasteiger partial charge in [0.1, 0.15) is 5.65 Å². The number of nitrogens with zero attached hydrogens (tertiary/aromatic N) is 3. The maximum atomic E-state index is 12.9. The van der Waals surface area contributed by atoms with Gasteiger partial charge in [-0.2, -0.15) is 0 Å². The molecular weight excluding hydrogens is 336 g/mol. The third kappa shape index (κ3) is 3.23. The largest absolute Gasteiger partial charge is 0.337 e. The molecule has 4 rings (SSSR count). The molecule has 0 radical (unpaired) electrons. The van der Waals surface area contributed by atoms with Crippen molar-refractivity contribution in [3.05, 3.63) is 59.4 Å². The lowest BCUT2D eigenvalue weighted by atomic mass is 10.0. The van der Waals surface area contributed by atoms with Gasteiger partial charge in [0.25, 0.3) is 5.91 Å². The van der Waals surface area contributed by atoms with Crippen LogP contribution in [0.25, 0.3) is 16.9 Å². The topological polar surface area (TPSA) is 63.6 Å². The molecule has 3 heterocycles. The zero-order chi connectivity index (χ0) is 19.0. The van der Waals surface area contributed by atoms with Crippen LogP contribution >= 0.6 is 0 Å². The number of aromatic nitrogens is 2. The van der Waals surface area contributed by atoms with E-state index in [9.17, 15) is 4.79 Å². The second kappa shape index (κ2) is 7.16. The van der Waals surface area contributed by atoms with E-state index >= 15 is 0 Å². The fourth-order valence-electron chi connectivity index (χ4n) is 3.99. The van der Waals surface area contributed by atoms with Crippen molar-refractivity contribution in [2.45, 2.75) is 39.2 Å². The van der Waals surface area contributed by atoms with E-state index in [1.807, 2.05) is 29.3 Å². The Morgan fingerprint density at radius 2 is 2.11 bits per heavy atom. The Morgan fingerprint density at radius 1 is 1.30 bits per heavy atom. The van der Waals surface area contributed by atoms with Crippen LogP contribution < -0.4 is 5.73 Å². The van der Waals surface area contributed by atoms with Crippen LogP contribution in [0.1, 0.15) is 41.4 Å². The first-order chi connectivity index (χ1) is 13.1. The molecule has 1 aliphatic rings. The summed E-state index contributed by atoms with van der Waals surface area (Å²) in [5, 5.41) is 0. The second-order valence-corrected chi connectivity index (χ2v) is 7.35. The van der Waals surface area contributed by atoms with Crippen LogP contribution in [0.2, 0.25) is 0 Å². The van der Waals surface area contributed by atoms with Crippen molar-refractivity contribution in [1.82, 2.24) is 14.3 Å². The van der Waals surface area contributed by atoms with Gasteiger partial charge in [-0.3, -0.25) is 4.79 Å². The molecular formula is C22H26N4O. The summed E-state index contributed by atoms with van der Waals surface area (Å²) in [6, 6.07) is 12.2. The van der Waals surface area contributed by atoms with Crippen molar-refractivity contribution >= 4 is 11.6 Å². The molecule has 1 aliphatic heterocycles. The zero-order valence-corrected chi connectivity index (χ0v) is 16.0. The Labute approximate surface area is 159 Å². The molecule has 1 fully saturated rings. The van der Waals surface area contributed by atoms with E-state index in [1.165, 1.54) is 5.56 Å². The number of likely N-dealkylation sites (tertiary alicyclic amines) is 1. The number of carbonyl (C=O) groups is 1. The number of fused-ring (bicyclic) bond motifs is 1. The number of hydrogen-bond donors (Lipinski definition) is 1. The lowest BCUT2D eigenvalue weighted by molar-refractivity contribution is 0.0709. The van der Waals surface area contributed by atoms with Gasteiger partial charge in [-0.15, -0.1) is 0 Å². The van der Waals surface area contributed by atoms with Crippen molar-refractivity contribution in [2.24, 2.45) is 5.73 Å². The van der Waals surface area contributed by atoms with Gasteiger partial charge in [-0.05, 0) is 43.9 Å². The minimum absolute atomic E-state index is 0.0452. The maximum Gasteiger partial charge on any atom is 0.254 e. The van der Waals surface area contributed by atoms with Gasteiger partial charge in [0.05, 0.1) is 5.69 Å². The molecule has 1 amide bonds. The molecule has 5 heteroatoms. The lowest BCUT2D eigenvalue weighted by Gasteiger charge is -2.30. The van der Waals surface area contributed by atoms with Crippen LogP contribution in [0.4, 0.5) is 0 Å². The highest BCUT2D eigenvalue weighted by Gasteiger charge is 2.23. The smallest absolute Gasteiger partial charge is 0.254 e. The highest BCUT2D eigenvalue weighted by Crippen LogP contribution is 2.28. The Kier molecular flexibility index (Phi) is 4.70. The molecule has 1 unspecified atom stereocenters. The van der Waals surface area contributed by atoms with Crippen molar-refractivity contribution in [3.8, 4) is 11.3 Å². The minimum atomic E-state index is 0.0452. The Hall–Kier alpha value is -2.66. The molecule has 140 valence electrons. The fourth-order valence-corrected chi connectivity index (χ4v) is 3.99. The molecule has 3 aromatic rings. The molecule has 2 N–H and O–H groups in total. The maximum absolute atomic E-state index is 12.9. The van der Waals surface area contributed by atoms with Crippen LogP contribution in [-0.2, 0) is 6.42 Å². The number of hydrogen-bond acceptors (Lipinski definition) is 3. The fraction of sp³-hybridized carbons (Fsp3) is 0.364. The third-order valence-electron chi connectivity index (χ3n) is 5.51. The average Bonchev–Trinajstić information content (AvgIpc) is 3.03. The van der Waals surface area contributed by atoms with E-state index in [0.29, 0.717) is 12.1 Å². The van der Waals surface area contributed by atoms with Gasteiger partial charge in [-0.1, -0.05) is 31.2 Å². The van der Waals surface area contributed by atoms with Crippen molar-refractivity contribution < 1.29 is 4.79 Å². The summed E-state index contributed by atoms with van der Waals surface area (Å²) in [5.74, 6) is 0.0452. The monoisotopic (exact) mass is 362 g/mol. The van der Waals surface area contributed by atoms with Crippen LogP contribution in [0.3, 0.4) is 0 Å². The van der Waals surface area contributed by atoms with Gasteiger partial charge < -0.3 is 15.0 Å². The number of nitrogens with two attached hydrogens (primary N) is 1. The number of carbonyl (C=O) groups excluding carboxylic acids is 1. The second-order valence-electron chi connectivity index (χ2n) is 7.35. The van der Waals surface area contributed by atoms with Crippen molar-refractivity contribution in [2.75, 3.05) is 13.1 Å². The summed E-state index contributed by atoms with van der Waals surface area (Å²) in [5.41, 5.74) is 12.0. The Morgan fingerprint density at radius 3 is 2.89 bits per heavy atom. The van der Waals surface area contributed by atoms with E-state index in [2.05, 4.69) is 36.4 Å². The number of imidazole rings is 1. The molecule has 5 nitrogen and oxygen atoms in total. The summed E-state index contributed by atoms with van der Waals surface area (Å²) in [7, 11) is 0. The molecule has 0 spiro atoms. The summed E-state index contributed by atoms with van der Waals surface area (Å²) in [6.07, 6.45) is 4.87. The van der Waals surface area contributed by atoms with E-state index < -0.39 is 0 Å². The van der Waals surface area contributed by atoms with E-state index in [4.69, 9.17) is 10.7 Å². The molecule has 1 atom stereocenters. The molecule has 1 saturated heterocycles. The zero-order valence-electron chi connectivity index (χ0n) is 16.0. The van der Waals surface area contributed by atoms with Gasteiger partial charge in [0.15, 0.2) is 0 Å². The Bertz CT molecular complexity index is 991. The van der Waals surface area contributed by atoms with Crippen LogP contribution in [-0.4, -0.2) is 39.3 Å². The molecule has 0 saturated carbocycles. The SMILES string of the molecule is CCc1ccccc1-c1nc2cc(C(=O)N3CCCC(N)C3)ccn2c1C. The van der Waals surface area contributed by atoms with Crippen molar-refractivity contribution in [1.29, 1.82) is 0 Å². The number of amides is 1. The summed E-state index contributed by atoms with van der Waals surface area (Å²) < 4.78 is 2.06. The standard InChI is InChI=1S/C22H26N4O/c1-3-16-7-4-5-9-19(16)21-15(2)26-12-10-17(13-20(26)24-21)22(27)25-11-6-8-18(23)14-25/h4-5,7,9-10,12-13,18H,3,6,8,11,14,23H2,1-2H3. The molecule has 27 heavy (non-hydrogen) atoms. The van der Waals surface area contributed by atoms with Crippen LogP contribution in [0, 0.1) is 6.92 Å². The van der Waals surface area contributed by atoms with E-state index in [1.54, 1.807) is 0 Å². The van der Waals surface area contributed by atoms with Crippen LogP contribution in [0.5, 0.6) is 0 Å². The molecule has 1 aromatic carbocycles. The van der Waals surface area contributed by atoms with E-state index in [-0.39, 0.29) is 11.9 Å². The van der Waals surface area contributed by atoms with Gasteiger partial charge in [0.2, 0.25) is 0 Å². The highest BCUT2D eigenvalue weighted by molar-refractivity contribution is 5.95. The first kappa shape index (κ1) is 17.7. The third-order valence-corrected chi connectivity index (χ3v) is 5.51. The summed E-state index contributed by atoms with van der Waals surface area (Å²) >= 11 is 0. The van der Waals surface area contributed by atoms with Crippen molar-refractivity contribution in [3.63, 3.8) is 0 Å². The number of pyridine rings is 1. The number of aryl methyl sites for hydroxylation is 2. The Balaban J connectivity index is 1.72. The molecule has 2 aromatic heterocycles. The van der Waals surface area contributed by atoms with E-state index in [0.717, 1.165) is 48.4 Å². The van der Waals surface area contributed by atoms with Gasteiger partial charge in [0, 0.05) is 42.1 Å². The number of piperidine rings is 1. The molecule has 0 bridgehead atoms. The summed E-state index contributed by atoms with van der Waals surface area (Å²) in [6.45, 7) is 5.64. The minimum Gasteiger partial charge on any atom is -0.337 e.